The van der Waals surface area contributed by atoms with Gasteiger partial charge in [-0.1, -0.05) is 31.5 Å². The minimum Gasteiger partial charge on any atom is -0.493 e. The Hall–Kier alpha value is -2.30. The van der Waals surface area contributed by atoms with Crippen LogP contribution >= 0.6 is 0 Å². The average Bonchev–Trinajstić information content (AvgIpc) is 2.77. The van der Waals surface area contributed by atoms with Crippen LogP contribution in [-0.2, 0) is 13.5 Å². The maximum absolute atomic E-state index is 11.8. The van der Waals surface area contributed by atoms with Crippen LogP contribution in [0, 0.1) is 0 Å². The third kappa shape index (κ3) is 2.91. The lowest BCUT2D eigenvalue weighted by molar-refractivity contribution is 0.0992. The summed E-state index contributed by atoms with van der Waals surface area (Å²) in [7, 11) is 1.74. The summed E-state index contributed by atoms with van der Waals surface area (Å²) in [6.07, 6.45) is 1.73. The van der Waals surface area contributed by atoms with Crippen molar-refractivity contribution in [1.82, 2.24) is 9.78 Å². The van der Waals surface area contributed by atoms with Gasteiger partial charge in [0.2, 0.25) is 0 Å². The standard InChI is InChI=1S/C16H21N3O2/c1-4-8-12-14(15(16(17)20)19(3)18-12)11-9-6-7-10-13(11)21-5-2/h6-7,9-10H,4-5,8H2,1-3H3,(H2,17,20). The van der Waals surface area contributed by atoms with Crippen molar-refractivity contribution in [3.8, 4) is 16.9 Å². The predicted molar refractivity (Wildman–Crippen MR) is 82.3 cm³/mol. The summed E-state index contributed by atoms with van der Waals surface area (Å²) in [5.41, 5.74) is 8.50. The zero-order valence-corrected chi connectivity index (χ0v) is 12.7. The SMILES string of the molecule is CCCc1nn(C)c(C(N)=O)c1-c1ccccc1OCC. The van der Waals surface area contributed by atoms with Gasteiger partial charge in [-0.2, -0.15) is 5.10 Å². The molecule has 21 heavy (non-hydrogen) atoms. The molecule has 2 rings (SSSR count). The zero-order valence-electron chi connectivity index (χ0n) is 12.7. The van der Waals surface area contributed by atoms with Gasteiger partial charge in [0.1, 0.15) is 11.4 Å². The molecule has 0 aliphatic heterocycles. The fourth-order valence-corrected chi connectivity index (χ4v) is 2.51. The van der Waals surface area contributed by atoms with Crippen molar-refractivity contribution in [2.45, 2.75) is 26.7 Å². The van der Waals surface area contributed by atoms with Crippen LogP contribution < -0.4 is 10.5 Å². The topological polar surface area (TPSA) is 70.1 Å². The summed E-state index contributed by atoms with van der Waals surface area (Å²) in [6.45, 7) is 4.57. The highest BCUT2D eigenvalue weighted by molar-refractivity contribution is 5.99. The molecule has 0 unspecified atom stereocenters. The number of para-hydroxylation sites is 1. The highest BCUT2D eigenvalue weighted by Crippen LogP contribution is 2.35. The molecule has 5 heteroatoms. The van der Waals surface area contributed by atoms with Gasteiger partial charge >= 0.3 is 0 Å². The number of nitrogens with two attached hydrogens (primary N) is 1. The van der Waals surface area contributed by atoms with E-state index in [-0.39, 0.29) is 0 Å². The van der Waals surface area contributed by atoms with E-state index in [0.717, 1.165) is 35.4 Å². The summed E-state index contributed by atoms with van der Waals surface area (Å²) >= 11 is 0. The molecule has 0 spiro atoms. The van der Waals surface area contributed by atoms with E-state index in [2.05, 4.69) is 12.0 Å². The van der Waals surface area contributed by atoms with Crippen molar-refractivity contribution in [1.29, 1.82) is 0 Å². The lowest BCUT2D eigenvalue weighted by Crippen LogP contribution is -2.17. The minimum atomic E-state index is -0.478. The number of ether oxygens (including phenoxy) is 1. The second-order valence-corrected chi connectivity index (χ2v) is 4.84. The van der Waals surface area contributed by atoms with Gasteiger partial charge < -0.3 is 10.5 Å². The van der Waals surface area contributed by atoms with Crippen LogP contribution in [0.3, 0.4) is 0 Å². The van der Waals surface area contributed by atoms with E-state index >= 15 is 0 Å². The van der Waals surface area contributed by atoms with Crippen molar-refractivity contribution < 1.29 is 9.53 Å². The summed E-state index contributed by atoms with van der Waals surface area (Å²) in [4.78, 5) is 11.8. The Morgan fingerprint density at radius 2 is 2.05 bits per heavy atom. The molecule has 0 saturated carbocycles. The molecule has 0 atom stereocenters. The van der Waals surface area contributed by atoms with Gasteiger partial charge in [-0.05, 0) is 19.4 Å². The lowest BCUT2D eigenvalue weighted by Gasteiger charge is -2.11. The summed E-state index contributed by atoms with van der Waals surface area (Å²) in [5.74, 6) is 0.265. The van der Waals surface area contributed by atoms with E-state index in [0.29, 0.717) is 12.3 Å². The molecule has 1 aromatic heterocycles. The van der Waals surface area contributed by atoms with Gasteiger partial charge in [0, 0.05) is 18.2 Å². The Balaban J connectivity index is 2.69. The Bertz CT molecular complexity index is 647. The number of primary amides is 1. The molecule has 0 aliphatic carbocycles. The van der Waals surface area contributed by atoms with E-state index in [1.165, 1.54) is 0 Å². The molecular formula is C16H21N3O2. The first-order valence-corrected chi connectivity index (χ1v) is 7.18. The number of benzene rings is 1. The van der Waals surface area contributed by atoms with Crippen LogP contribution in [0.1, 0.15) is 36.5 Å². The van der Waals surface area contributed by atoms with Crippen LogP contribution in [0.2, 0.25) is 0 Å². The fraction of sp³-hybridized carbons (Fsp3) is 0.375. The van der Waals surface area contributed by atoms with Crippen LogP contribution in [0.4, 0.5) is 0 Å². The van der Waals surface area contributed by atoms with E-state index in [1.807, 2.05) is 31.2 Å². The second-order valence-electron chi connectivity index (χ2n) is 4.84. The third-order valence-corrected chi connectivity index (χ3v) is 3.30. The van der Waals surface area contributed by atoms with Crippen LogP contribution in [0.5, 0.6) is 5.75 Å². The van der Waals surface area contributed by atoms with E-state index < -0.39 is 5.91 Å². The normalized spacial score (nSPS) is 10.6. The highest BCUT2D eigenvalue weighted by atomic mass is 16.5. The monoisotopic (exact) mass is 287 g/mol. The highest BCUT2D eigenvalue weighted by Gasteiger charge is 2.23. The van der Waals surface area contributed by atoms with Crippen LogP contribution in [0.25, 0.3) is 11.1 Å². The predicted octanol–water partition coefficient (Wildman–Crippen LogP) is 2.54. The number of carbonyl (C=O) groups excluding carboxylic acids is 1. The summed E-state index contributed by atoms with van der Waals surface area (Å²) < 4.78 is 7.24. The average molecular weight is 287 g/mol. The first-order valence-electron chi connectivity index (χ1n) is 7.18. The molecule has 1 aromatic carbocycles. The lowest BCUT2D eigenvalue weighted by atomic mass is 9.99. The van der Waals surface area contributed by atoms with Gasteiger partial charge in [0.05, 0.1) is 12.3 Å². The first kappa shape index (κ1) is 15.1. The molecule has 1 amide bonds. The largest absolute Gasteiger partial charge is 0.493 e. The van der Waals surface area contributed by atoms with Crippen LogP contribution in [0.15, 0.2) is 24.3 Å². The molecule has 0 saturated heterocycles. The van der Waals surface area contributed by atoms with Gasteiger partial charge in [-0.3, -0.25) is 9.48 Å². The summed E-state index contributed by atoms with van der Waals surface area (Å²) in [5, 5.41) is 4.46. The third-order valence-electron chi connectivity index (χ3n) is 3.30. The van der Waals surface area contributed by atoms with Crippen molar-refractivity contribution in [3.05, 3.63) is 35.7 Å². The number of nitrogens with zero attached hydrogens (tertiary/aromatic N) is 2. The number of amides is 1. The van der Waals surface area contributed by atoms with Crippen LogP contribution in [-0.4, -0.2) is 22.3 Å². The first-order chi connectivity index (χ1) is 10.1. The number of aryl methyl sites for hydroxylation is 2. The van der Waals surface area contributed by atoms with Crippen molar-refractivity contribution in [3.63, 3.8) is 0 Å². The molecule has 2 aromatic rings. The molecule has 0 bridgehead atoms. The molecule has 5 nitrogen and oxygen atoms in total. The molecule has 0 radical (unpaired) electrons. The molecule has 112 valence electrons. The maximum atomic E-state index is 11.8. The number of aromatic nitrogens is 2. The number of hydrogen-bond acceptors (Lipinski definition) is 3. The number of hydrogen-bond donors (Lipinski definition) is 1. The van der Waals surface area contributed by atoms with Gasteiger partial charge in [0.15, 0.2) is 0 Å². The number of carbonyl (C=O) groups is 1. The Morgan fingerprint density at radius 3 is 2.67 bits per heavy atom. The van der Waals surface area contributed by atoms with Crippen molar-refractivity contribution in [2.75, 3.05) is 6.61 Å². The maximum Gasteiger partial charge on any atom is 0.267 e. The second kappa shape index (κ2) is 6.43. The Morgan fingerprint density at radius 1 is 1.33 bits per heavy atom. The van der Waals surface area contributed by atoms with E-state index in [9.17, 15) is 4.79 Å². The van der Waals surface area contributed by atoms with E-state index in [4.69, 9.17) is 10.5 Å². The van der Waals surface area contributed by atoms with Gasteiger partial charge in [-0.15, -0.1) is 0 Å². The van der Waals surface area contributed by atoms with Gasteiger partial charge in [0.25, 0.3) is 5.91 Å². The molecule has 0 aliphatic rings. The van der Waals surface area contributed by atoms with E-state index in [1.54, 1.807) is 11.7 Å². The smallest absolute Gasteiger partial charge is 0.267 e. The molecule has 0 fully saturated rings. The van der Waals surface area contributed by atoms with Gasteiger partial charge in [-0.25, -0.2) is 0 Å². The molecule has 1 heterocycles. The molecule has 2 N–H and O–H groups in total. The molecular weight excluding hydrogens is 266 g/mol. The number of rotatable bonds is 6. The zero-order chi connectivity index (χ0) is 15.4. The van der Waals surface area contributed by atoms with Crippen molar-refractivity contribution in [2.24, 2.45) is 12.8 Å². The Kier molecular flexibility index (Phi) is 4.62. The quantitative estimate of drug-likeness (QED) is 0.887. The Labute approximate surface area is 124 Å². The van der Waals surface area contributed by atoms with Crippen molar-refractivity contribution >= 4 is 5.91 Å². The minimum absolute atomic E-state index is 0.422. The fourth-order valence-electron chi connectivity index (χ4n) is 2.51. The summed E-state index contributed by atoms with van der Waals surface area (Å²) in [6, 6.07) is 7.67.